The summed E-state index contributed by atoms with van der Waals surface area (Å²) in [6.07, 6.45) is 0.250. The zero-order valence-electron chi connectivity index (χ0n) is 11.1. The highest BCUT2D eigenvalue weighted by Gasteiger charge is 2.24. The van der Waals surface area contributed by atoms with Gasteiger partial charge in [-0.25, -0.2) is 0 Å². The third-order valence-electron chi connectivity index (χ3n) is 3.03. The largest absolute Gasteiger partial charge is 0.384 e. The van der Waals surface area contributed by atoms with Crippen LogP contribution in [0.2, 0.25) is 5.02 Å². The quantitative estimate of drug-likeness (QED) is 0.892. The van der Waals surface area contributed by atoms with Crippen LogP contribution in [0.1, 0.15) is 18.1 Å². The molecule has 0 aliphatic heterocycles. The van der Waals surface area contributed by atoms with E-state index in [4.69, 9.17) is 11.6 Å². The summed E-state index contributed by atoms with van der Waals surface area (Å²) >= 11 is 7.39. The van der Waals surface area contributed by atoms with Crippen molar-refractivity contribution in [2.45, 2.75) is 18.9 Å². The molecule has 0 saturated carbocycles. The Bertz CT molecular complexity index is 581. The molecule has 1 aromatic heterocycles. The molecule has 0 aliphatic carbocycles. The first-order chi connectivity index (χ1) is 9.47. The van der Waals surface area contributed by atoms with Crippen LogP contribution in [0.5, 0.6) is 0 Å². The van der Waals surface area contributed by atoms with Crippen LogP contribution in [-0.2, 0) is 16.8 Å². The van der Waals surface area contributed by atoms with Crippen molar-refractivity contribution >= 4 is 28.8 Å². The summed E-state index contributed by atoms with van der Waals surface area (Å²) in [6.45, 7) is 1.87. The second kappa shape index (κ2) is 6.39. The maximum absolute atomic E-state index is 11.9. The molecule has 1 aromatic carbocycles. The molecule has 2 N–H and O–H groups in total. The normalized spacial score (nSPS) is 13.8. The van der Waals surface area contributed by atoms with E-state index in [1.165, 1.54) is 11.3 Å². The number of aliphatic hydroxyl groups is 1. The predicted octanol–water partition coefficient (Wildman–Crippen LogP) is 2.97. The van der Waals surface area contributed by atoms with Crippen molar-refractivity contribution in [3.05, 3.63) is 57.2 Å². The number of nitrogens with one attached hydrogen (secondary N) is 1. The lowest BCUT2D eigenvalue weighted by Crippen LogP contribution is -2.39. The summed E-state index contributed by atoms with van der Waals surface area (Å²) in [4.78, 5) is 11.9. The highest BCUT2D eigenvalue weighted by Crippen LogP contribution is 2.22. The Morgan fingerprint density at radius 2 is 2.25 bits per heavy atom. The summed E-state index contributed by atoms with van der Waals surface area (Å²) in [6, 6.07) is 9.05. The zero-order chi connectivity index (χ0) is 14.6. The number of halogens is 1. The molecule has 20 heavy (non-hydrogen) atoms. The van der Waals surface area contributed by atoms with E-state index in [0.717, 1.165) is 11.1 Å². The van der Waals surface area contributed by atoms with Gasteiger partial charge >= 0.3 is 0 Å². The van der Waals surface area contributed by atoms with Crippen molar-refractivity contribution in [2.24, 2.45) is 0 Å². The van der Waals surface area contributed by atoms with Crippen LogP contribution in [0.3, 0.4) is 0 Å². The minimum Gasteiger partial charge on any atom is -0.384 e. The molecule has 2 rings (SSSR count). The van der Waals surface area contributed by atoms with Gasteiger partial charge in [0.25, 0.3) is 0 Å². The summed E-state index contributed by atoms with van der Waals surface area (Å²) in [7, 11) is 0. The Labute approximate surface area is 127 Å². The number of thiophene rings is 1. The van der Waals surface area contributed by atoms with E-state index >= 15 is 0 Å². The molecule has 1 unspecified atom stereocenters. The van der Waals surface area contributed by atoms with E-state index in [0.29, 0.717) is 5.02 Å². The molecular weight excluding hydrogens is 294 g/mol. The molecule has 0 saturated heterocycles. The molecule has 0 bridgehead atoms. The van der Waals surface area contributed by atoms with E-state index < -0.39 is 5.60 Å². The van der Waals surface area contributed by atoms with Crippen molar-refractivity contribution in [1.82, 2.24) is 5.32 Å². The van der Waals surface area contributed by atoms with Crippen LogP contribution < -0.4 is 5.32 Å². The minimum atomic E-state index is -1.05. The van der Waals surface area contributed by atoms with Gasteiger partial charge in [0, 0.05) is 5.02 Å². The highest BCUT2D eigenvalue weighted by atomic mass is 35.5. The first kappa shape index (κ1) is 15.0. The first-order valence-electron chi connectivity index (χ1n) is 6.23. The van der Waals surface area contributed by atoms with Gasteiger partial charge in [-0.2, -0.15) is 11.3 Å². The molecular formula is C15H16ClNO2S. The van der Waals surface area contributed by atoms with Gasteiger partial charge in [-0.05, 0) is 47.0 Å². The Balaban J connectivity index is 1.89. The van der Waals surface area contributed by atoms with Gasteiger partial charge in [-0.3, -0.25) is 4.79 Å². The molecule has 0 spiro atoms. The lowest BCUT2D eigenvalue weighted by molar-refractivity contribution is -0.121. The van der Waals surface area contributed by atoms with Crippen LogP contribution in [0.25, 0.3) is 0 Å². The molecule has 1 heterocycles. The van der Waals surface area contributed by atoms with Crippen LogP contribution in [-0.4, -0.2) is 17.6 Å². The molecule has 3 nitrogen and oxygen atoms in total. The van der Waals surface area contributed by atoms with Gasteiger partial charge in [0.15, 0.2) is 0 Å². The van der Waals surface area contributed by atoms with E-state index in [-0.39, 0.29) is 18.9 Å². The van der Waals surface area contributed by atoms with E-state index in [1.54, 1.807) is 19.1 Å². The van der Waals surface area contributed by atoms with Crippen LogP contribution in [0, 0.1) is 0 Å². The summed E-state index contributed by atoms with van der Waals surface area (Å²) in [5.41, 5.74) is 0.611. The van der Waals surface area contributed by atoms with Crippen LogP contribution in [0.15, 0.2) is 41.1 Å². The standard InChI is InChI=1S/C15H16ClNO2S/c1-15(19,12-5-6-20-9-12)10-17-14(18)8-11-3-2-4-13(16)7-11/h2-7,9,19H,8,10H2,1H3,(H,17,18). The summed E-state index contributed by atoms with van der Waals surface area (Å²) in [5.74, 6) is -0.136. The molecule has 0 aliphatic rings. The van der Waals surface area contributed by atoms with Crippen LogP contribution >= 0.6 is 22.9 Å². The third kappa shape index (κ3) is 4.07. The predicted molar refractivity (Wildman–Crippen MR) is 82.1 cm³/mol. The van der Waals surface area contributed by atoms with Crippen molar-refractivity contribution in [2.75, 3.05) is 6.54 Å². The highest BCUT2D eigenvalue weighted by molar-refractivity contribution is 7.08. The smallest absolute Gasteiger partial charge is 0.224 e. The fourth-order valence-corrected chi connectivity index (χ4v) is 2.83. The summed E-state index contributed by atoms with van der Waals surface area (Å²) < 4.78 is 0. The minimum absolute atomic E-state index is 0.136. The van der Waals surface area contributed by atoms with Gasteiger partial charge in [0.1, 0.15) is 5.60 Å². The van der Waals surface area contributed by atoms with Crippen LogP contribution in [0.4, 0.5) is 0 Å². The summed E-state index contributed by atoms with van der Waals surface area (Å²) in [5, 5.41) is 17.4. The monoisotopic (exact) mass is 309 g/mol. The topological polar surface area (TPSA) is 49.3 Å². The first-order valence-corrected chi connectivity index (χ1v) is 7.56. The van der Waals surface area contributed by atoms with E-state index in [1.807, 2.05) is 29.0 Å². The zero-order valence-corrected chi connectivity index (χ0v) is 12.7. The van der Waals surface area contributed by atoms with Gasteiger partial charge in [-0.15, -0.1) is 0 Å². The fraction of sp³-hybridized carbons (Fsp3) is 0.267. The number of amides is 1. The van der Waals surface area contributed by atoms with Crippen molar-refractivity contribution in [3.63, 3.8) is 0 Å². The average molecular weight is 310 g/mol. The molecule has 1 amide bonds. The van der Waals surface area contributed by atoms with Gasteiger partial charge in [-0.1, -0.05) is 23.7 Å². The lowest BCUT2D eigenvalue weighted by Gasteiger charge is -2.22. The van der Waals surface area contributed by atoms with Crippen molar-refractivity contribution < 1.29 is 9.90 Å². The number of hydrogen-bond donors (Lipinski definition) is 2. The Morgan fingerprint density at radius 1 is 1.45 bits per heavy atom. The second-order valence-electron chi connectivity index (χ2n) is 4.87. The Hall–Kier alpha value is -1.36. The van der Waals surface area contributed by atoms with E-state index in [2.05, 4.69) is 5.32 Å². The van der Waals surface area contributed by atoms with Gasteiger partial charge in [0.2, 0.25) is 5.91 Å². The molecule has 2 aromatic rings. The number of rotatable bonds is 5. The average Bonchev–Trinajstić information content (AvgIpc) is 2.91. The number of hydrogen-bond acceptors (Lipinski definition) is 3. The van der Waals surface area contributed by atoms with E-state index in [9.17, 15) is 9.90 Å². The maximum Gasteiger partial charge on any atom is 0.224 e. The number of carbonyl (C=O) groups excluding carboxylic acids is 1. The van der Waals surface area contributed by atoms with Gasteiger partial charge < -0.3 is 10.4 Å². The second-order valence-corrected chi connectivity index (χ2v) is 6.09. The lowest BCUT2D eigenvalue weighted by atomic mass is 9.99. The maximum atomic E-state index is 11.9. The molecule has 0 fully saturated rings. The fourth-order valence-electron chi connectivity index (χ4n) is 1.84. The molecule has 1 atom stereocenters. The Morgan fingerprint density at radius 3 is 2.90 bits per heavy atom. The number of benzene rings is 1. The molecule has 106 valence electrons. The van der Waals surface area contributed by atoms with Crippen molar-refractivity contribution in [1.29, 1.82) is 0 Å². The molecule has 0 radical (unpaired) electrons. The molecule has 5 heteroatoms. The number of carbonyl (C=O) groups is 1. The van der Waals surface area contributed by atoms with Crippen molar-refractivity contribution in [3.8, 4) is 0 Å². The SMILES string of the molecule is CC(O)(CNC(=O)Cc1cccc(Cl)c1)c1ccsc1. The third-order valence-corrected chi connectivity index (χ3v) is 3.94. The van der Waals surface area contributed by atoms with Gasteiger partial charge in [0.05, 0.1) is 13.0 Å². The Kier molecular flexibility index (Phi) is 4.81.